The number of amides is 5. The highest BCUT2D eigenvalue weighted by atomic mass is 16.3. The molecule has 0 aliphatic carbocycles. The molecule has 5 amide bonds. The van der Waals surface area contributed by atoms with Gasteiger partial charge in [0, 0.05) is 48.9 Å². The van der Waals surface area contributed by atoms with Crippen LogP contribution in [0.1, 0.15) is 55.5 Å². The highest BCUT2D eigenvalue weighted by Gasteiger charge is 2.28. The van der Waals surface area contributed by atoms with Crippen LogP contribution in [0.25, 0.3) is 10.9 Å². The fourth-order valence-corrected chi connectivity index (χ4v) is 5.19. The number of hydrogen-bond acceptors (Lipinski definition) is 9. The van der Waals surface area contributed by atoms with Crippen molar-refractivity contribution in [1.82, 2.24) is 26.3 Å². The first-order valence-electron chi connectivity index (χ1n) is 17.0. The smallest absolute Gasteiger partial charge is 0.254 e. The van der Waals surface area contributed by atoms with Gasteiger partial charge in [-0.15, -0.1) is 0 Å². The molecule has 3 aromatic rings. The van der Waals surface area contributed by atoms with Crippen molar-refractivity contribution < 1.29 is 34.8 Å². The lowest BCUT2D eigenvalue weighted by atomic mass is 10.0. The molecule has 0 radical (unpaired) electrons. The van der Waals surface area contributed by atoms with Crippen molar-refractivity contribution in [3.63, 3.8) is 0 Å². The van der Waals surface area contributed by atoms with Crippen molar-refractivity contribution in [2.75, 3.05) is 25.0 Å². The number of primary amides is 1. The highest BCUT2D eigenvalue weighted by molar-refractivity contribution is 6.09. The minimum atomic E-state index is -1.18. The van der Waals surface area contributed by atoms with Crippen LogP contribution in [0.5, 0.6) is 0 Å². The van der Waals surface area contributed by atoms with Crippen molar-refractivity contribution >= 4 is 57.8 Å². The molecule has 0 saturated carbocycles. The molecular weight excluding hydrogens is 670 g/mol. The van der Waals surface area contributed by atoms with Crippen molar-refractivity contribution in [2.24, 2.45) is 28.1 Å². The number of aromatic nitrogens is 1. The van der Waals surface area contributed by atoms with Crippen molar-refractivity contribution in [3.05, 3.63) is 65.9 Å². The van der Waals surface area contributed by atoms with Crippen molar-refractivity contribution in [1.29, 1.82) is 0 Å². The zero-order chi connectivity index (χ0) is 38.2. The Labute approximate surface area is 301 Å². The summed E-state index contributed by atoms with van der Waals surface area (Å²) in [5.74, 6) is -2.98. The van der Waals surface area contributed by atoms with E-state index in [1.807, 2.05) is 30.3 Å². The van der Waals surface area contributed by atoms with Gasteiger partial charge in [-0.05, 0) is 48.6 Å². The lowest BCUT2D eigenvalue weighted by molar-refractivity contribution is -0.368. The maximum Gasteiger partial charge on any atom is 0.254 e. The molecule has 3 rings (SSSR count). The summed E-state index contributed by atoms with van der Waals surface area (Å²) in [7, 11) is 0. The summed E-state index contributed by atoms with van der Waals surface area (Å²) < 4.78 is 0. The van der Waals surface area contributed by atoms with Gasteiger partial charge in [-0.1, -0.05) is 38.1 Å². The second kappa shape index (κ2) is 20.1. The molecule has 0 aliphatic heterocycles. The molecule has 0 saturated heterocycles. The predicted molar refractivity (Wildman–Crippen MR) is 196 cm³/mol. The zero-order valence-corrected chi connectivity index (χ0v) is 29.5. The normalized spacial score (nSPS) is 12.6. The molecule has 1 heterocycles. The number of aliphatic hydroxyl groups excluding tert-OH is 1. The van der Waals surface area contributed by atoms with Gasteiger partial charge in [0.15, 0.2) is 5.96 Å². The number of hydrogen-bond donors (Lipinski definition) is 10. The Kier molecular flexibility index (Phi) is 15.7. The van der Waals surface area contributed by atoms with E-state index in [0.29, 0.717) is 36.0 Å². The van der Waals surface area contributed by atoms with E-state index in [0.717, 1.165) is 11.3 Å². The number of nitrogens with zero attached hydrogens (tertiary/aromatic N) is 2. The van der Waals surface area contributed by atoms with Crippen LogP contribution in [0.3, 0.4) is 0 Å². The molecule has 17 heteroatoms. The largest absolute Gasteiger partial charge is 0.394 e. The van der Waals surface area contributed by atoms with Crippen molar-refractivity contribution in [2.45, 2.75) is 64.2 Å². The molecule has 0 bridgehead atoms. The summed E-state index contributed by atoms with van der Waals surface area (Å²) in [5.41, 5.74) is 22.8. The van der Waals surface area contributed by atoms with Crippen LogP contribution in [0.2, 0.25) is 0 Å². The molecule has 0 spiro atoms. The molecule has 1 aromatic heterocycles. The number of quaternary nitrogens is 1. The number of carbonyl (C=O) groups is 5. The maximum absolute atomic E-state index is 13.3. The quantitative estimate of drug-likeness (QED) is 0.0381. The predicted octanol–water partition coefficient (Wildman–Crippen LogP) is -1.13. The van der Waals surface area contributed by atoms with Gasteiger partial charge in [0.05, 0.1) is 24.2 Å². The molecule has 0 fully saturated rings. The molecule has 280 valence electrons. The third-order valence-electron chi connectivity index (χ3n) is 8.04. The number of guanidine groups is 1. The van der Waals surface area contributed by atoms with Gasteiger partial charge in [-0.2, -0.15) is 0 Å². The number of aliphatic imine (C=N–C) groups is 1. The van der Waals surface area contributed by atoms with Gasteiger partial charge in [0.2, 0.25) is 23.6 Å². The summed E-state index contributed by atoms with van der Waals surface area (Å²) >= 11 is 0. The average Bonchev–Trinajstić information content (AvgIpc) is 3.12. The Balaban J connectivity index is 1.64. The fourth-order valence-electron chi connectivity index (χ4n) is 5.19. The van der Waals surface area contributed by atoms with E-state index in [2.05, 4.69) is 42.3 Å². The number of aliphatic hydroxyl groups is 1. The SMILES string of the molecule is CC(C)[C@H](NC(=O)[C@H](CO)NC(=O)CCC[NH3+])C(=O)NCc1ccc(Nc2ccnc3c(C(=O)N[C@@H](CCCN=C(N)N)C(N)=O)cccc23)cc1. The molecule has 0 aliphatic rings. The van der Waals surface area contributed by atoms with Crippen molar-refractivity contribution in [3.8, 4) is 0 Å². The van der Waals surface area contributed by atoms with Gasteiger partial charge in [0.25, 0.3) is 5.91 Å². The number of rotatable bonds is 20. The first-order valence-corrected chi connectivity index (χ1v) is 17.0. The van der Waals surface area contributed by atoms with Gasteiger partial charge in [0.1, 0.15) is 18.1 Å². The Morgan fingerprint density at radius 2 is 1.63 bits per heavy atom. The number of anilines is 2. The van der Waals surface area contributed by atoms with E-state index in [1.165, 1.54) is 0 Å². The van der Waals surface area contributed by atoms with E-state index in [-0.39, 0.29) is 49.3 Å². The van der Waals surface area contributed by atoms with Crippen LogP contribution in [-0.2, 0) is 25.7 Å². The van der Waals surface area contributed by atoms with E-state index in [1.54, 1.807) is 38.2 Å². The Bertz CT molecular complexity index is 1730. The number of carbonyl (C=O) groups excluding carboxylic acids is 5. The standard InChI is InChI=1S/C35H49N11O6/c1-20(2)29(46-33(51)27(19-47)44-28(48)9-4-15-36)34(52)42-18-21-10-12-22(13-11-21)43-25-14-17-40-30-23(25)6-3-7-24(30)32(50)45-26(31(37)49)8-5-16-41-35(38)39/h3,6-7,10-14,17,20,26-27,29,47H,4-5,8-9,15-16,18-19,36H2,1-2H3,(H2,37,49)(H,40,43)(H,42,52)(H,44,48)(H,45,50)(H,46,51)(H4,38,39,41)/p+1/t26-,27-,29-/m0/s1. The second-order valence-corrected chi connectivity index (χ2v) is 12.5. The van der Waals surface area contributed by atoms with Crippen LogP contribution in [0.4, 0.5) is 11.4 Å². The summed E-state index contributed by atoms with van der Waals surface area (Å²) in [5, 5.41) is 24.3. The van der Waals surface area contributed by atoms with Crippen LogP contribution >= 0.6 is 0 Å². The third-order valence-corrected chi connectivity index (χ3v) is 8.04. The maximum atomic E-state index is 13.3. The molecule has 17 nitrogen and oxygen atoms in total. The zero-order valence-electron chi connectivity index (χ0n) is 29.5. The lowest BCUT2D eigenvalue weighted by Gasteiger charge is -2.24. The molecule has 52 heavy (non-hydrogen) atoms. The number of benzene rings is 2. The lowest BCUT2D eigenvalue weighted by Crippen LogP contribution is -2.56. The number of nitrogens with one attached hydrogen (secondary N) is 5. The van der Waals surface area contributed by atoms with E-state index in [9.17, 15) is 29.1 Å². The molecule has 2 aromatic carbocycles. The van der Waals surface area contributed by atoms with E-state index in [4.69, 9.17) is 17.2 Å². The van der Waals surface area contributed by atoms with Gasteiger partial charge < -0.3 is 54.6 Å². The molecule has 15 N–H and O–H groups in total. The minimum Gasteiger partial charge on any atom is -0.394 e. The Morgan fingerprint density at radius 1 is 0.904 bits per heavy atom. The van der Waals surface area contributed by atoms with Gasteiger partial charge in [-0.3, -0.25) is 33.9 Å². The van der Waals surface area contributed by atoms with E-state index < -0.39 is 48.4 Å². The average molecular weight is 721 g/mol. The minimum absolute atomic E-state index is 0.0651. The first kappa shape index (κ1) is 40.6. The third kappa shape index (κ3) is 12.2. The van der Waals surface area contributed by atoms with Crippen LogP contribution < -0.4 is 49.5 Å². The van der Waals surface area contributed by atoms with Crippen LogP contribution in [-0.4, -0.2) is 83.4 Å². The molecule has 0 unspecified atom stereocenters. The number of para-hydroxylation sites is 1. The number of pyridine rings is 1. The topological polar surface area (TPSA) is 297 Å². The highest BCUT2D eigenvalue weighted by Crippen LogP contribution is 2.27. The number of fused-ring (bicyclic) bond motifs is 1. The number of nitrogens with two attached hydrogens (primary N) is 3. The summed E-state index contributed by atoms with van der Waals surface area (Å²) in [6.45, 7) is 3.98. The molecular formula is C35H50N11O6+. The molecule has 3 atom stereocenters. The Morgan fingerprint density at radius 3 is 2.27 bits per heavy atom. The fraction of sp³-hybridized carbons (Fsp3) is 0.400. The summed E-state index contributed by atoms with van der Waals surface area (Å²) in [6, 6.07) is 11.2. The van der Waals surface area contributed by atoms with Crippen LogP contribution in [0.15, 0.2) is 59.7 Å². The van der Waals surface area contributed by atoms with E-state index >= 15 is 0 Å². The van der Waals surface area contributed by atoms with Crippen LogP contribution in [0, 0.1) is 5.92 Å². The summed E-state index contributed by atoms with van der Waals surface area (Å²) in [4.78, 5) is 71.5. The summed E-state index contributed by atoms with van der Waals surface area (Å²) in [6.07, 6.45) is 2.98. The first-order chi connectivity index (χ1) is 24.8. The van der Waals surface area contributed by atoms with Gasteiger partial charge >= 0.3 is 0 Å². The van der Waals surface area contributed by atoms with Gasteiger partial charge in [-0.25, -0.2) is 0 Å². The monoisotopic (exact) mass is 720 g/mol. The Hall–Kier alpha value is -5.81. The second-order valence-electron chi connectivity index (χ2n) is 12.5.